The van der Waals surface area contributed by atoms with Crippen LogP contribution in [-0.4, -0.2) is 12.6 Å². The van der Waals surface area contributed by atoms with Crippen LogP contribution in [0.1, 0.15) is 110 Å². The number of esters is 1. The zero-order valence-electron chi connectivity index (χ0n) is 14.6. The van der Waals surface area contributed by atoms with Crippen LogP contribution in [0.5, 0.6) is 0 Å². The van der Waals surface area contributed by atoms with Gasteiger partial charge in [-0.3, -0.25) is 4.79 Å². The van der Waals surface area contributed by atoms with Crippen molar-refractivity contribution in [2.24, 2.45) is 0 Å². The third-order valence-electron chi connectivity index (χ3n) is 4.04. The molecular weight excluding hydrogens is 260 g/mol. The number of unbranched alkanes of at least 4 members (excludes halogenated alkanes) is 13. The summed E-state index contributed by atoms with van der Waals surface area (Å²) in [5, 5.41) is 0. The third kappa shape index (κ3) is 17.4. The fourth-order valence-electron chi connectivity index (χ4n) is 2.70. The first-order chi connectivity index (χ1) is 10.3. The van der Waals surface area contributed by atoms with Gasteiger partial charge >= 0.3 is 5.97 Å². The molecule has 0 aliphatic heterocycles. The van der Waals surface area contributed by atoms with E-state index >= 15 is 0 Å². The van der Waals surface area contributed by atoms with Crippen LogP contribution in [0.4, 0.5) is 0 Å². The Morgan fingerprint density at radius 1 is 0.619 bits per heavy atom. The Bertz CT molecular complexity index is 214. The average molecular weight is 299 g/mol. The number of hydrogen-bond acceptors (Lipinski definition) is 2. The molecule has 0 aromatic heterocycles. The second-order valence-corrected chi connectivity index (χ2v) is 6.15. The molecule has 0 aliphatic rings. The molecule has 0 saturated heterocycles. The van der Waals surface area contributed by atoms with E-state index in [0.29, 0.717) is 13.0 Å². The number of ether oxygens (including phenoxy) is 1. The minimum absolute atomic E-state index is 0.0311. The smallest absolute Gasteiger partial charge is 0.305 e. The number of rotatable bonds is 16. The zero-order chi connectivity index (χ0) is 15.6. The fraction of sp³-hybridized carbons (Fsp3) is 0.947. The van der Waals surface area contributed by atoms with Crippen LogP contribution in [-0.2, 0) is 9.53 Å². The van der Waals surface area contributed by atoms with Gasteiger partial charge in [0.2, 0.25) is 0 Å². The highest BCUT2D eigenvalue weighted by Crippen LogP contribution is 2.13. The SMILES string of the molecule is CCCCCCCCCCCCCCCCC(=O)OCC. The van der Waals surface area contributed by atoms with Crippen molar-refractivity contribution in [3.63, 3.8) is 0 Å². The van der Waals surface area contributed by atoms with Gasteiger partial charge in [-0.2, -0.15) is 0 Å². The van der Waals surface area contributed by atoms with Crippen molar-refractivity contribution in [3.05, 3.63) is 0 Å². The van der Waals surface area contributed by atoms with Crippen molar-refractivity contribution in [1.82, 2.24) is 0 Å². The average Bonchev–Trinajstić information content (AvgIpc) is 2.48. The molecular formula is C19H38O2. The fourth-order valence-corrected chi connectivity index (χ4v) is 2.70. The van der Waals surface area contributed by atoms with Gasteiger partial charge in [-0.15, -0.1) is 0 Å². The zero-order valence-corrected chi connectivity index (χ0v) is 14.6. The van der Waals surface area contributed by atoms with Gasteiger partial charge in [0.15, 0.2) is 0 Å². The highest BCUT2D eigenvalue weighted by Gasteiger charge is 2.00. The van der Waals surface area contributed by atoms with Crippen molar-refractivity contribution >= 4 is 5.97 Å². The van der Waals surface area contributed by atoms with Gasteiger partial charge in [0.05, 0.1) is 6.61 Å². The molecule has 0 rings (SSSR count). The molecule has 0 amide bonds. The van der Waals surface area contributed by atoms with Crippen LogP contribution in [0.2, 0.25) is 0 Å². The largest absolute Gasteiger partial charge is 0.466 e. The van der Waals surface area contributed by atoms with Gasteiger partial charge in [0.1, 0.15) is 0 Å². The Labute approximate surface area is 133 Å². The summed E-state index contributed by atoms with van der Waals surface area (Å²) in [5.41, 5.74) is 0. The molecule has 0 bridgehead atoms. The normalized spacial score (nSPS) is 10.8. The standard InChI is InChI=1S/C19H38O2/c1-3-5-6-7-8-9-10-11-12-13-14-15-16-17-18-19(20)21-4-2/h3-18H2,1-2H3. The molecule has 0 radical (unpaired) electrons. The van der Waals surface area contributed by atoms with Gasteiger partial charge < -0.3 is 4.74 Å². The maximum Gasteiger partial charge on any atom is 0.305 e. The highest BCUT2D eigenvalue weighted by molar-refractivity contribution is 5.69. The van der Waals surface area contributed by atoms with E-state index in [9.17, 15) is 4.79 Å². The lowest BCUT2D eigenvalue weighted by Crippen LogP contribution is -2.03. The maximum absolute atomic E-state index is 11.1. The van der Waals surface area contributed by atoms with Crippen LogP contribution in [0, 0.1) is 0 Å². The van der Waals surface area contributed by atoms with E-state index in [1.165, 1.54) is 83.5 Å². The van der Waals surface area contributed by atoms with E-state index in [1.807, 2.05) is 6.92 Å². The first-order valence-electron chi connectivity index (χ1n) is 9.46. The molecule has 0 aromatic rings. The van der Waals surface area contributed by atoms with E-state index < -0.39 is 0 Å². The third-order valence-corrected chi connectivity index (χ3v) is 4.04. The molecule has 0 aromatic carbocycles. The summed E-state index contributed by atoms with van der Waals surface area (Å²) < 4.78 is 4.92. The molecule has 0 atom stereocenters. The minimum atomic E-state index is -0.0311. The second-order valence-electron chi connectivity index (χ2n) is 6.15. The van der Waals surface area contributed by atoms with E-state index in [-0.39, 0.29) is 5.97 Å². The summed E-state index contributed by atoms with van der Waals surface area (Å²) in [6.45, 7) is 4.65. The first-order valence-corrected chi connectivity index (χ1v) is 9.46. The molecule has 0 heterocycles. The predicted octanol–water partition coefficient (Wildman–Crippen LogP) is 6.42. The van der Waals surface area contributed by atoms with Crippen molar-refractivity contribution in [2.75, 3.05) is 6.61 Å². The molecule has 0 unspecified atom stereocenters. The summed E-state index contributed by atoms with van der Waals surface area (Å²) in [5.74, 6) is -0.0311. The van der Waals surface area contributed by atoms with Gasteiger partial charge in [0, 0.05) is 6.42 Å². The number of hydrogen-bond donors (Lipinski definition) is 0. The summed E-state index contributed by atoms with van der Waals surface area (Å²) in [6, 6.07) is 0. The molecule has 2 heteroatoms. The maximum atomic E-state index is 11.1. The molecule has 0 spiro atoms. The molecule has 0 N–H and O–H groups in total. The lowest BCUT2D eigenvalue weighted by atomic mass is 10.0. The van der Waals surface area contributed by atoms with Crippen LogP contribution < -0.4 is 0 Å². The van der Waals surface area contributed by atoms with Crippen molar-refractivity contribution in [3.8, 4) is 0 Å². The van der Waals surface area contributed by atoms with E-state index in [4.69, 9.17) is 4.74 Å². The summed E-state index contributed by atoms with van der Waals surface area (Å²) in [4.78, 5) is 11.1. The number of carbonyl (C=O) groups excluding carboxylic acids is 1. The molecule has 0 aliphatic carbocycles. The van der Waals surface area contributed by atoms with Gasteiger partial charge in [0.25, 0.3) is 0 Å². The van der Waals surface area contributed by atoms with Gasteiger partial charge in [-0.05, 0) is 13.3 Å². The quantitative estimate of drug-likeness (QED) is 0.243. The Kier molecular flexibility index (Phi) is 17.1. The van der Waals surface area contributed by atoms with Crippen LogP contribution in [0.15, 0.2) is 0 Å². The molecule has 0 saturated carbocycles. The van der Waals surface area contributed by atoms with Crippen LogP contribution >= 0.6 is 0 Å². The molecule has 0 fully saturated rings. The lowest BCUT2D eigenvalue weighted by molar-refractivity contribution is -0.143. The Balaban J connectivity index is 3.01. The predicted molar refractivity (Wildman–Crippen MR) is 91.6 cm³/mol. The van der Waals surface area contributed by atoms with Gasteiger partial charge in [-0.25, -0.2) is 0 Å². The van der Waals surface area contributed by atoms with E-state index in [2.05, 4.69) is 6.92 Å². The van der Waals surface area contributed by atoms with Crippen molar-refractivity contribution < 1.29 is 9.53 Å². The molecule has 126 valence electrons. The summed E-state index contributed by atoms with van der Waals surface area (Å²) >= 11 is 0. The number of carbonyl (C=O) groups is 1. The monoisotopic (exact) mass is 298 g/mol. The minimum Gasteiger partial charge on any atom is -0.466 e. The van der Waals surface area contributed by atoms with Crippen LogP contribution in [0.3, 0.4) is 0 Å². The van der Waals surface area contributed by atoms with Crippen molar-refractivity contribution in [2.45, 2.75) is 110 Å². The Morgan fingerprint density at radius 3 is 1.38 bits per heavy atom. The second kappa shape index (κ2) is 17.5. The van der Waals surface area contributed by atoms with Crippen LogP contribution in [0.25, 0.3) is 0 Å². The lowest BCUT2D eigenvalue weighted by Gasteiger charge is -2.03. The Hall–Kier alpha value is -0.530. The molecule has 21 heavy (non-hydrogen) atoms. The summed E-state index contributed by atoms with van der Waals surface area (Å²) in [6.07, 6.45) is 19.5. The van der Waals surface area contributed by atoms with Crippen molar-refractivity contribution in [1.29, 1.82) is 0 Å². The topological polar surface area (TPSA) is 26.3 Å². The Morgan fingerprint density at radius 2 is 1.00 bits per heavy atom. The summed E-state index contributed by atoms with van der Waals surface area (Å²) in [7, 11) is 0. The van der Waals surface area contributed by atoms with E-state index in [1.54, 1.807) is 0 Å². The molecule has 2 nitrogen and oxygen atoms in total. The van der Waals surface area contributed by atoms with Gasteiger partial charge in [-0.1, -0.05) is 90.4 Å². The highest BCUT2D eigenvalue weighted by atomic mass is 16.5. The first kappa shape index (κ1) is 20.5. The van der Waals surface area contributed by atoms with E-state index in [0.717, 1.165) is 6.42 Å².